The quantitative estimate of drug-likeness (QED) is 0.537. The zero-order valence-corrected chi connectivity index (χ0v) is 17.8. The highest BCUT2D eigenvalue weighted by atomic mass is 32.1. The van der Waals surface area contributed by atoms with E-state index in [1.54, 1.807) is 17.7 Å². The third kappa shape index (κ3) is 3.27. The molecule has 1 fully saturated rings. The predicted octanol–water partition coefficient (Wildman–Crippen LogP) is 4.10. The summed E-state index contributed by atoms with van der Waals surface area (Å²) >= 11 is 1.56. The average molecular weight is 419 g/mol. The maximum absolute atomic E-state index is 12.5. The van der Waals surface area contributed by atoms with Gasteiger partial charge in [0.2, 0.25) is 0 Å². The Labute approximate surface area is 178 Å². The second-order valence-corrected chi connectivity index (χ2v) is 8.64. The van der Waals surface area contributed by atoms with E-state index < -0.39 is 0 Å². The maximum atomic E-state index is 12.5. The molecule has 30 heavy (non-hydrogen) atoms. The van der Waals surface area contributed by atoms with Crippen LogP contribution in [0.1, 0.15) is 40.0 Å². The Morgan fingerprint density at radius 2 is 1.87 bits per heavy atom. The van der Waals surface area contributed by atoms with Crippen molar-refractivity contribution in [2.45, 2.75) is 33.2 Å². The molecule has 7 nitrogen and oxygen atoms in total. The summed E-state index contributed by atoms with van der Waals surface area (Å²) in [5.41, 5.74) is 4.77. The minimum Gasteiger partial charge on any atom is -0.365 e. The zero-order valence-electron chi connectivity index (χ0n) is 17.0. The van der Waals surface area contributed by atoms with Gasteiger partial charge in [-0.3, -0.25) is 4.79 Å². The molecule has 0 unspecified atom stereocenters. The van der Waals surface area contributed by atoms with Crippen LogP contribution < -0.4 is 5.32 Å². The summed E-state index contributed by atoms with van der Waals surface area (Å²) in [6, 6.07) is 7.82. The van der Waals surface area contributed by atoms with E-state index in [2.05, 4.69) is 32.4 Å². The summed E-state index contributed by atoms with van der Waals surface area (Å²) in [4.78, 5) is 24.3. The number of hydrogen-bond acceptors (Lipinski definition) is 7. The summed E-state index contributed by atoms with van der Waals surface area (Å²) in [5, 5.41) is 13.0. The normalized spacial score (nSPS) is 14.0. The van der Waals surface area contributed by atoms with Crippen LogP contribution in [0.3, 0.4) is 0 Å². The van der Waals surface area contributed by atoms with Gasteiger partial charge in [0.25, 0.3) is 5.91 Å². The third-order valence-electron chi connectivity index (χ3n) is 5.72. The third-order valence-corrected chi connectivity index (χ3v) is 6.79. The van der Waals surface area contributed by atoms with Crippen LogP contribution in [0.25, 0.3) is 20.4 Å². The number of thiophene rings is 1. The number of anilines is 1. The fraction of sp³-hybridized carbons (Fsp3) is 0.318. The number of rotatable bonds is 4. The number of amides is 1. The van der Waals surface area contributed by atoms with Gasteiger partial charge in [0.15, 0.2) is 0 Å². The Bertz CT molecular complexity index is 1240. The maximum Gasteiger partial charge on any atom is 0.253 e. The van der Waals surface area contributed by atoms with Crippen LogP contribution >= 0.6 is 11.3 Å². The van der Waals surface area contributed by atoms with E-state index >= 15 is 0 Å². The number of fused-ring (bicyclic) bond motifs is 3. The van der Waals surface area contributed by atoms with Gasteiger partial charge in [-0.05, 0) is 49.9 Å². The molecule has 152 valence electrons. The SMILES string of the molecule is Cc1nnc2sc3c(NCc4ccc(C(=O)N5CCCC5)cc4)ncnc3c2c1C. The summed E-state index contributed by atoms with van der Waals surface area (Å²) in [6.07, 6.45) is 3.79. The molecule has 0 radical (unpaired) electrons. The molecule has 1 aliphatic heterocycles. The van der Waals surface area contributed by atoms with Crippen LogP contribution in [0.15, 0.2) is 30.6 Å². The van der Waals surface area contributed by atoms with Gasteiger partial charge in [-0.15, -0.1) is 16.4 Å². The highest BCUT2D eigenvalue weighted by Crippen LogP contribution is 2.36. The highest BCUT2D eigenvalue weighted by Gasteiger charge is 2.19. The fourth-order valence-electron chi connectivity index (χ4n) is 3.86. The molecule has 1 amide bonds. The molecule has 0 spiro atoms. The second kappa shape index (κ2) is 7.60. The molecule has 0 bridgehead atoms. The second-order valence-electron chi connectivity index (χ2n) is 7.64. The first-order chi connectivity index (χ1) is 14.6. The molecular weight excluding hydrogens is 396 g/mol. The minimum atomic E-state index is 0.126. The standard InChI is InChI=1S/C22H22N6OS/c1-13-14(2)26-27-21-17(13)18-19(30-21)20(25-12-24-18)23-11-15-5-7-16(8-6-15)22(29)28-9-3-4-10-28/h5-8,12H,3-4,9-11H2,1-2H3,(H,23,24,25). The van der Waals surface area contributed by atoms with Crippen molar-refractivity contribution in [1.29, 1.82) is 0 Å². The van der Waals surface area contributed by atoms with Gasteiger partial charge < -0.3 is 10.2 Å². The molecule has 3 aromatic heterocycles. The number of carbonyl (C=O) groups excluding carboxylic acids is 1. The van der Waals surface area contributed by atoms with Crippen molar-refractivity contribution < 1.29 is 4.79 Å². The van der Waals surface area contributed by atoms with Crippen molar-refractivity contribution in [1.82, 2.24) is 25.1 Å². The van der Waals surface area contributed by atoms with Gasteiger partial charge in [0.1, 0.15) is 17.0 Å². The molecule has 4 aromatic rings. The summed E-state index contributed by atoms with van der Waals surface area (Å²) in [7, 11) is 0. The molecule has 1 N–H and O–H groups in total. The minimum absolute atomic E-state index is 0.126. The molecule has 0 atom stereocenters. The van der Waals surface area contributed by atoms with Gasteiger partial charge in [-0.25, -0.2) is 9.97 Å². The molecule has 8 heteroatoms. The van der Waals surface area contributed by atoms with Crippen molar-refractivity contribution in [2.24, 2.45) is 0 Å². The molecule has 1 aromatic carbocycles. The lowest BCUT2D eigenvalue weighted by Gasteiger charge is -2.15. The van der Waals surface area contributed by atoms with E-state index in [1.807, 2.05) is 36.1 Å². The molecule has 1 saturated heterocycles. The summed E-state index contributed by atoms with van der Waals surface area (Å²) in [6.45, 7) is 6.36. The Kier molecular flexibility index (Phi) is 4.78. The molecule has 1 aliphatic rings. The monoisotopic (exact) mass is 418 g/mol. The number of carbonyl (C=O) groups is 1. The highest BCUT2D eigenvalue weighted by molar-refractivity contribution is 7.25. The number of hydrogen-bond donors (Lipinski definition) is 1. The smallest absolute Gasteiger partial charge is 0.253 e. The van der Waals surface area contributed by atoms with E-state index in [4.69, 9.17) is 0 Å². The van der Waals surface area contributed by atoms with Crippen molar-refractivity contribution in [3.63, 3.8) is 0 Å². The van der Waals surface area contributed by atoms with E-state index in [1.165, 1.54) is 0 Å². The van der Waals surface area contributed by atoms with Gasteiger partial charge in [0.05, 0.1) is 15.9 Å². The molecule has 0 aliphatic carbocycles. The zero-order chi connectivity index (χ0) is 20.7. The van der Waals surface area contributed by atoms with Crippen molar-refractivity contribution in [3.05, 3.63) is 53.0 Å². The van der Waals surface area contributed by atoms with Crippen LogP contribution in [-0.2, 0) is 6.54 Å². The van der Waals surface area contributed by atoms with Crippen LogP contribution in [0.4, 0.5) is 5.82 Å². The number of nitrogens with zero attached hydrogens (tertiary/aromatic N) is 5. The van der Waals surface area contributed by atoms with Crippen molar-refractivity contribution in [2.75, 3.05) is 18.4 Å². The van der Waals surface area contributed by atoms with E-state index in [9.17, 15) is 4.79 Å². The Hall–Kier alpha value is -3.13. The Morgan fingerprint density at radius 1 is 1.10 bits per heavy atom. The van der Waals surface area contributed by atoms with Crippen LogP contribution in [0, 0.1) is 13.8 Å². The van der Waals surface area contributed by atoms with Gasteiger partial charge >= 0.3 is 0 Å². The van der Waals surface area contributed by atoms with Crippen molar-refractivity contribution >= 4 is 43.5 Å². The number of benzene rings is 1. The first kappa shape index (κ1) is 18.9. The van der Waals surface area contributed by atoms with E-state index in [0.29, 0.717) is 6.54 Å². The van der Waals surface area contributed by atoms with Crippen LogP contribution in [-0.4, -0.2) is 44.1 Å². The van der Waals surface area contributed by atoms with Crippen LogP contribution in [0.5, 0.6) is 0 Å². The lowest BCUT2D eigenvalue weighted by molar-refractivity contribution is 0.0793. The Morgan fingerprint density at radius 3 is 2.63 bits per heavy atom. The first-order valence-electron chi connectivity index (χ1n) is 10.1. The number of likely N-dealkylation sites (tertiary alicyclic amines) is 1. The molecule has 4 heterocycles. The largest absolute Gasteiger partial charge is 0.365 e. The molecule has 5 rings (SSSR count). The lowest BCUT2D eigenvalue weighted by Crippen LogP contribution is -2.27. The van der Waals surface area contributed by atoms with Gasteiger partial charge in [-0.2, -0.15) is 5.10 Å². The molecular formula is C22H22N6OS. The number of nitrogens with one attached hydrogen (secondary N) is 1. The van der Waals surface area contributed by atoms with E-state index in [-0.39, 0.29) is 5.91 Å². The number of aromatic nitrogens is 4. The lowest BCUT2D eigenvalue weighted by atomic mass is 10.1. The van der Waals surface area contributed by atoms with Gasteiger partial charge in [-0.1, -0.05) is 12.1 Å². The van der Waals surface area contributed by atoms with Gasteiger partial charge in [0, 0.05) is 30.6 Å². The van der Waals surface area contributed by atoms with Crippen LogP contribution in [0.2, 0.25) is 0 Å². The summed E-state index contributed by atoms with van der Waals surface area (Å²) < 4.78 is 0.983. The van der Waals surface area contributed by atoms with Crippen molar-refractivity contribution in [3.8, 4) is 0 Å². The average Bonchev–Trinajstić information content (AvgIpc) is 3.43. The molecule has 0 saturated carbocycles. The Balaban J connectivity index is 1.37. The first-order valence-corrected chi connectivity index (χ1v) is 10.9. The number of aryl methyl sites for hydroxylation is 2. The van der Waals surface area contributed by atoms with E-state index in [0.717, 1.165) is 74.6 Å². The predicted molar refractivity (Wildman–Crippen MR) is 119 cm³/mol. The topological polar surface area (TPSA) is 83.9 Å². The summed E-state index contributed by atoms with van der Waals surface area (Å²) in [5.74, 6) is 0.916. The fourth-order valence-corrected chi connectivity index (χ4v) is 4.96.